The van der Waals surface area contributed by atoms with Crippen molar-refractivity contribution in [3.05, 3.63) is 54.4 Å². The molecule has 0 unspecified atom stereocenters. The van der Waals surface area contributed by atoms with E-state index in [4.69, 9.17) is 9.47 Å². The number of pyridine rings is 1. The van der Waals surface area contributed by atoms with Gasteiger partial charge in [0.15, 0.2) is 6.73 Å². The lowest BCUT2D eigenvalue weighted by molar-refractivity contribution is 0.339. The fraction of sp³-hybridized carbons (Fsp3) is 0.188. The van der Waals surface area contributed by atoms with E-state index in [0.717, 1.165) is 33.4 Å². The van der Waals surface area contributed by atoms with Crippen LogP contribution in [-0.2, 0) is 4.74 Å². The van der Waals surface area contributed by atoms with Crippen LogP contribution in [-0.4, -0.2) is 24.6 Å². The van der Waals surface area contributed by atoms with Gasteiger partial charge >= 0.3 is 0 Å². The first-order valence-electron chi connectivity index (χ1n) is 6.63. The molecule has 0 radical (unpaired) electrons. The predicted octanol–water partition coefficient (Wildman–Crippen LogP) is 3.62. The minimum Gasteiger partial charge on any atom is -0.504 e. The number of ether oxygens (including phenoxy) is 2. The van der Waals surface area contributed by atoms with Crippen molar-refractivity contribution in [3.63, 3.8) is 0 Å². The fourth-order valence-electron chi connectivity index (χ4n) is 2.09. The van der Waals surface area contributed by atoms with Gasteiger partial charge < -0.3 is 14.8 Å². The summed E-state index contributed by atoms with van der Waals surface area (Å²) in [6.45, 7) is 0.533. The maximum Gasteiger partial charge on any atom is 0.159 e. The number of nitrogens with one attached hydrogen (secondary N) is 1. The van der Waals surface area contributed by atoms with Crippen molar-refractivity contribution in [2.24, 2.45) is 0 Å². The lowest BCUT2D eigenvalue weighted by Gasteiger charge is -2.08. The van der Waals surface area contributed by atoms with Crippen LogP contribution < -0.4 is 10.1 Å². The summed E-state index contributed by atoms with van der Waals surface area (Å²) in [6, 6.07) is 12.1. The smallest absolute Gasteiger partial charge is 0.159 e. The number of thioether (sulfide) groups is 1. The lowest BCUT2D eigenvalue weighted by atomic mass is 10.1. The van der Waals surface area contributed by atoms with Crippen molar-refractivity contribution in [1.29, 1.82) is 0 Å². The Morgan fingerprint density at radius 2 is 2.38 bits per heavy atom. The molecule has 1 N–H and O–H groups in total. The van der Waals surface area contributed by atoms with Gasteiger partial charge in [0.05, 0.1) is 24.1 Å². The normalized spacial score (nSPS) is 13.3. The number of benzene rings is 1. The Bertz CT molecular complexity index is 644. The molecule has 0 saturated carbocycles. The van der Waals surface area contributed by atoms with Gasteiger partial charge in [-0.15, -0.1) is 11.8 Å². The number of hydrogen-bond acceptors (Lipinski definition) is 5. The Hall–Kier alpha value is -2.14. The van der Waals surface area contributed by atoms with Crippen molar-refractivity contribution in [3.8, 4) is 5.75 Å². The second kappa shape index (κ2) is 6.54. The van der Waals surface area contributed by atoms with E-state index in [9.17, 15) is 0 Å². The standard InChI is InChI=1S/C16H16N2O2S/c1-19-9-13(10-21-16-4-2-3-7-17-16)12-5-6-14-15(8-12)20-11-18-14/h2-9,18H,10-11H2,1H3. The van der Waals surface area contributed by atoms with E-state index in [0.29, 0.717) is 6.73 Å². The van der Waals surface area contributed by atoms with Crippen LogP contribution in [0.25, 0.3) is 5.57 Å². The van der Waals surface area contributed by atoms with Crippen LogP contribution in [0.4, 0.5) is 5.69 Å². The molecule has 2 heterocycles. The van der Waals surface area contributed by atoms with Crippen LogP contribution in [0, 0.1) is 0 Å². The maximum atomic E-state index is 5.53. The van der Waals surface area contributed by atoms with Gasteiger partial charge in [-0.05, 0) is 29.8 Å². The molecule has 0 fully saturated rings. The number of rotatable bonds is 5. The molecular formula is C16H16N2O2S. The van der Waals surface area contributed by atoms with Crippen molar-refractivity contribution in [2.75, 3.05) is 24.9 Å². The van der Waals surface area contributed by atoms with E-state index < -0.39 is 0 Å². The van der Waals surface area contributed by atoms with Gasteiger partial charge in [-0.1, -0.05) is 12.1 Å². The minimum atomic E-state index is 0.533. The molecule has 0 saturated heterocycles. The summed E-state index contributed by atoms with van der Waals surface area (Å²) in [5, 5.41) is 4.17. The molecule has 0 bridgehead atoms. The van der Waals surface area contributed by atoms with E-state index >= 15 is 0 Å². The Morgan fingerprint density at radius 3 is 3.19 bits per heavy atom. The number of nitrogens with zero attached hydrogens (tertiary/aromatic N) is 1. The van der Waals surface area contributed by atoms with Crippen LogP contribution in [0.15, 0.2) is 53.9 Å². The Balaban J connectivity index is 1.77. The summed E-state index contributed by atoms with van der Waals surface area (Å²) < 4.78 is 10.7. The third-order valence-corrected chi connectivity index (χ3v) is 4.11. The van der Waals surface area contributed by atoms with Crippen molar-refractivity contribution in [2.45, 2.75) is 5.03 Å². The zero-order chi connectivity index (χ0) is 14.5. The van der Waals surface area contributed by atoms with Gasteiger partial charge in [0.25, 0.3) is 0 Å². The largest absolute Gasteiger partial charge is 0.504 e. The van der Waals surface area contributed by atoms with Gasteiger partial charge in [-0.2, -0.15) is 0 Å². The van der Waals surface area contributed by atoms with Gasteiger partial charge in [-0.25, -0.2) is 4.98 Å². The number of methoxy groups -OCH3 is 1. The molecule has 0 spiro atoms. The molecule has 4 nitrogen and oxygen atoms in total. The Morgan fingerprint density at radius 1 is 1.43 bits per heavy atom. The molecule has 108 valence electrons. The van der Waals surface area contributed by atoms with Crippen LogP contribution in [0.3, 0.4) is 0 Å². The fourth-order valence-corrected chi connectivity index (χ4v) is 2.94. The first-order chi connectivity index (χ1) is 10.4. The van der Waals surface area contributed by atoms with Gasteiger partial charge in [0, 0.05) is 17.5 Å². The highest BCUT2D eigenvalue weighted by Crippen LogP contribution is 2.33. The SMILES string of the molecule is COC=C(CSc1ccccn1)c1ccc2c(c1)OCN2. The van der Waals surface area contributed by atoms with Crippen LogP contribution in [0.5, 0.6) is 5.75 Å². The minimum absolute atomic E-state index is 0.533. The van der Waals surface area contributed by atoms with E-state index in [-0.39, 0.29) is 0 Å². The first-order valence-corrected chi connectivity index (χ1v) is 7.62. The summed E-state index contributed by atoms with van der Waals surface area (Å²) in [7, 11) is 1.66. The van der Waals surface area contributed by atoms with E-state index in [2.05, 4.69) is 16.4 Å². The molecule has 1 aliphatic rings. The summed E-state index contributed by atoms with van der Waals surface area (Å²) in [5.41, 5.74) is 3.24. The summed E-state index contributed by atoms with van der Waals surface area (Å²) in [4.78, 5) is 4.32. The summed E-state index contributed by atoms with van der Waals surface area (Å²) >= 11 is 1.68. The summed E-state index contributed by atoms with van der Waals surface area (Å²) in [6.07, 6.45) is 3.58. The maximum absolute atomic E-state index is 5.53. The monoisotopic (exact) mass is 300 g/mol. The topological polar surface area (TPSA) is 43.4 Å². The third-order valence-electron chi connectivity index (χ3n) is 3.12. The van der Waals surface area contributed by atoms with Gasteiger partial charge in [0.2, 0.25) is 0 Å². The molecule has 3 rings (SSSR count). The third kappa shape index (κ3) is 3.31. The molecule has 1 aliphatic heterocycles. The quantitative estimate of drug-likeness (QED) is 0.675. The number of fused-ring (bicyclic) bond motifs is 1. The van der Waals surface area contributed by atoms with E-state index in [1.165, 1.54) is 0 Å². The van der Waals surface area contributed by atoms with Crippen LogP contribution >= 0.6 is 11.8 Å². The zero-order valence-electron chi connectivity index (χ0n) is 11.7. The van der Waals surface area contributed by atoms with Gasteiger partial charge in [-0.3, -0.25) is 0 Å². The van der Waals surface area contributed by atoms with Crippen molar-refractivity contribution in [1.82, 2.24) is 4.98 Å². The van der Waals surface area contributed by atoms with Gasteiger partial charge in [0.1, 0.15) is 5.75 Å². The molecular weight excluding hydrogens is 284 g/mol. The number of anilines is 1. The van der Waals surface area contributed by atoms with Crippen LogP contribution in [0.2, 0.25) is 0 Å². The van der Waals surface area contributed by atoms with Crippen molar-refractivity contribution < 1.29 is 9.47 Å². The summed E-state index contributed by atoms with van der Waals surface area (Å²) in [5.74, 6) is 1.68. The highest BCUT2D eigenvalue weighted by atomic mass is 32.2. The predicted molar refractivity (Wildman–Crippen MR) is 85.5 cm³/mol. The number of aromatic nitrogens is 1. The number of hydrogen-bond donors (Lipinski definition) is 1. The van der Waals surface area contributed by atoms with Crippen LogP contribution in [0.1, 0.15) is 5.56 Å². The second-order valence-electron chi connectivity index (χ2n) is 4.51. The average molecular weight is 300 g/mol. The highest BCUT2D eigenvalue weighted by molar-refractivity contribution is 7.99. The molecule has 5 heteroatoms. The highest BCUT2D eigenvalue weighted by Gasteiger charge is 2.13. The molecule has 0 atom stereocenters. The van der Waals surface area contributed by atoms with Crippen molar-refractivity contribution >= 4 is 23.0 Å². The Kier molecular flexibility index (Phi) is 4.31. The van der Waals surface area contributed by atoms with E-state index in [1.54, 1.807) is 31.3 Å². The molecule has 0 amide bonds. The molecule has 1 aromatic heterocycles. The zero-order valence-corrected chi connectivity index (χ0v) is 12.5. The molecule has 0 aliphatic carbocycles. The van der Waals surface area contributed by atoms with E-state index in [1.807, 2.05) is 30.3 Å². The second-order valence-corrected chi connectivity index (χ2v) is 5.51. The Labute approximate surface area is 128 Å². The molecule has 2 aromatic rings. The first kappa shape index (κ1) is 13.8. The lowest BCUT2D eigenvalue weighted by Crippen LogP contribution is -1.96. The molecule has 1 aromatic carbocycles. The molecule has 21 heavy (non-hydrogen) atoms. The average Bonchev–Trinajstić information content (AvgIpc) is 3.00.